The molecule has 0 bridgehead atoms. The number of pyridine rings is 1. The highest BCUT2D eigenvalue weighted by Gasteiger charge is 2.30. The molecule has 0 radical (unpaired) electrons. The van der Waals surface area contributed by atoms with Gasteiger partial charge in [0.1, 0.15) is 6.04 Å². The third-order valence-electron chi connectivity index (χ3n) is 3.75. The van der Waals surface area contributed by atoms with Crippen molar-refractivity contribution in [1.29, 1.82) is 5.26 Å². The first-order valence-electron chi connectivity index (χ1n) is 7.44. The average molecular weight is 345 g/mol. The fraction of sp³-hybridized carbons (Fsp3) is 0.176. The molecular formula is C17H14F3N5. The summed E-state index contributed by atoms with van der Waals surface area (Å²) in [6.45, 7) is 0. The van der Waals surface area contributed by atoms with Crippen LogP contribution in [0.3, 0.4) is 0 Å². The van der Waals surface area contributed by atoms with E-state index in [1.807, 2.05) is 24.3 Å². The molecule has 2 atom stereocenters. The first-order valence-corrected chi connectivity index (χ1v) is 7.44. The lowest BCUT2D eigenvalue weighted by atomic mass is 9.99. The van der Waals surface area contributed by atoms with Gasteiger partial charge in [-0.1, -0.05) is 30.3 Å². The molecular weight excluding hydrogens is 331 g/mol. The van der Waals surface area contributed by atoms with Crippen LogP contribution in [0.1, 0.15) is 28.4 Å². The Balaban J connectivity index is 1.81. The van der Waals surface area contributed by atoms with Crippen molar-refractivity contribution in [3.05, 3.63) is 65.0 Å². The van der Waals surface area contributed by atoms with E-state index in [1.54, 1.807) is 6.08 Å². The van der Waals surface area contributed by atoms with Crippen molar-refractivity contribution < 1.29 is 13.2 Å². The van der Waals surface area contributed by atoms with E-state index in [4.69, 9.17) is 5.26 Å². The summed E-state index contributed by atoms with van der Waals surface area (Å²) in [5, 5.41) is 9.10. The molecule has 1 aromatic heterocycles. The van der Waals surface area contributed by atoms with E-state index >= 15 is 0 Å². The molecule has 0 spiro atoms. The van der Waals surface area contributed by atoms with Crippen LogP contribution in [0.4, 0.5) is 13.2 Å². The zero-order chi connectivity index (χ0) is 17.9. The molecule has 8 heteroatoms. The number of halogens is 3. The largest absolute Gasteiger partial charge is 0.416 e. The van der Waals surface area contributed by atoms with Crippen LogP contribution in [0.15, 0.2) is 42.6 Å². The maximum atomic E-state index is 12.7. The number of benzene rings is 1. The minimum absolute atomic E-state index is 0.220. The van der Waals surface area contributed by atoms with Gasteiger partial charge in [-0.25, -0.2) is 10.9 Å². The molecule has 3 rings (SSSR count). The van der Waals surface area contributed by atoms with Crippen molar-refractivity contribution in [2.75, 3.05) is 0 Å². The number of nitrogens with zero attached hydrogens (tertiary/aromatic N) is 2. The van der Waals surface area contributed by atoms with Gasteiger partial charge in [0.15, 0.2) is 0 Å². The van der Waals surface area contributed by atoms with E-state index in [1.165, 1.54) is 6.08 Å². The number of rotatable bonds is 3. The predicted octanol–water partition coefficient (Wildman–Crippen LogP) is 2.82. The van der Waals surface area contributed by atoms with Gasteiger partial charge in [0.2, 0.25) is 0 Å². The SMILES string of the molecule is N#CC1NNNC1c1cccc(/C=C/c2cc(C(F)(F)F)ccn2)c1. The summed E-state index contributed by atoms with van der Waals surface area (Å²) in [6.07, 6.45) is -0.0556. The summed E-state index contributed by atoms with van der Waals surface area (Å²) in [6, 6.07) is 10.8. The molecule has 0 amide bonds. The fourth-order valence-corrected chi connectivity index (χ4v) is 2.50. The average Bonchev–Trinajstić information content (AvgIpc) is 3.08. The number of hydrazine groups is 2. The molecule has 1 aliphatic rings. The molecule has 0 saturated carbocycles. The van der Waals surface area contributed by atoms with Gasteiger partial charge < -0.3 is 0 Å². The summed E-state index contributed by atoms with van der Waals surface area (Å²) in [7, 11) is 0. The van der Waals surface area contributed by atoms with Gasteiger partial charge in [0, 0.05) is 6.20 Å². The molecule has 1 fully saturated rings. The molecule has 0 aliphatic carbocycles. The van der Waals surface area contributed by atoms with Crippen molar-refractivity contribution in [2.45, 2.75) is 18.3 Å². The Kier molecular flexibility index (Phi) is 4.81. The van der Waals surface area contributed by atoms with Crippen molar-refractivity contribution in [1.82, 2.24) is 21.4 Å². The molecule has 25 heavy (non-hydrogen) atoms. The van der Waals surface area contributed by atoms with Crippen molar-refractivity contribution in [3.8, 4) is 6.07 Å². The number of alkyl halides is 3. The van der Waals surface area contributed by atoms with E-state index in [0.29, 0.717) is 0 Å². The molecule has 2 unspecified atom stereocenters. The molecule has 128 valence electrons. The number of nitriles is 1. The number of nitrogens with one attached hydrogen (secondary N) is 3. The molecule has 5 nitrogen and oxygen atoms in total. The van der Waals surface area contributed by atoms with Gasteiger partial charge in [-0.15, -0.1) is 0 Å². The summed E-state index contributed by atoms with van der Waals surface area (Å²) in [5.41, 5.74) is 9.62. The van der Waals surface area contributed by atoms with E-state index in [0.717, 1.165) is 29.5 Å². The van der Waals surface area contributed by atoms with Gasteiger partial charge in [-0.3, -0.25) is 4.98 Å². The third kappa shape index (κ3) is 4.03. The lowest BCUT2D eigenvalue weighted by Crippen LogP contribution is -2.32. The first-order chi connectivity index (χ1) is 12.0. The fourth-order valence-electron chi connectivity index (χ4n) is 2.50. The number of aromatic nitrogens is 1. The van der Waals surface area contributed by atoms with E-state index in [-0.39, 0.29) is 11.7 Å². The Morgan fingerprint density at radius 3 is 2.72 bits per heavy atom. The zero-order valence-corrected chi connectivity index (χ0v) is 12.9. The Hall–Kier alpha value is -2.73. The molecule has 1 saturated heterocycles. The topological polar surface area (TPSA) is 72.8 Å². The molecule has 2 aromatic rings. The monoisotopic (exact) mass is 345 g/mol. The molecule has 1 aliphatic heterocycles. The van der Waals surface area contributed by atoms with Crippen LogP contribution in [-0.4, -0.2) is 11.0 Å². The second-order valence-corrected chi connectivity index (χ2v) is 5.47. The Morgan fingerprint density at radius 1 is 1.12 bits per heavy atom. The highest BCUT2D eigenvalue weighted by molar-refractivity contribution is 5.68. The van der Waals surface area contributed by atoms with Gasteiger partial charge in [0.25, 0.3) is 0 Å². The zero-order valence-electron chi connectivity index (χ0n) is 12.9. The van der Waals surface area contributed by atoms with Gasteiger partial charge in [0.05, 0.1) is 23.4 Å². The lowest BCUT2D eigenvalue weighted by molar-refractivity contribution is -0.137. The van der Waals surface area contributed by atoms with Crippen LogP contribution in [0.25, 0.3) is 12.2 Å². The molecule has 1 aromatic carbocycles. The van der Waals surface area contributed by atoms with Gasteiger partial charge in [-0.05, 0) is 29.3 Å². The highest BCUT2D eigenvalue weighted by Crippen LogP contribution is 2.29. The van der Waals surface area contributed by atoms with Crippen LogP contribution in [0, 0.1) is 11.3 Å². The summed E-state index contributed by atoms with van der Waals surface area (Å²) in [4.78, 5) is 3.93. The van der Waals surface area contributed by atoms with Crippen molar-refractivity contribution in [2.24, 2.45) is 0 Å². The third-order valence-corrected chi connectivity index (χ3v) is 3.75. The van der Waals surface area contributed by atoms with Crippen LogP contribution < -0.4 is 16.4 Å². The maximum absolute atomic E-state index is 12.7. The van der Waals surface area contributed by atoms with E-state index in [9.17, 15) is 13.2 Å². The second kappa shape index (κ2) is 7.03. The van der Waals surface area contributed by atoms with Crippen LogP contribution >= 0.6 is 0 Å². The number of hydrogen-bond donors (Lipinski definition) is 3. The number of hydrogen-bond acceptors (Lipinski definition) is 5. The van der Waals surface area contributed by atoms with Gasteiger partial charge in [-0.2, -0.15) is 24.0 Å². The Labute approximate surface area is 142 Å². The minimum Gasteiger partial charge on any atom is -0.257 e. The van der Waals surface area contributed by atoms with E-state index < -0.39 is 17.8 Å². The van der Waals surface area contributed by atoms with Gasteiger partial charge >= 0.3 is 6.18 Å². The second-order valence-electron chi connectivity index (χ2n) is 5.47. The van der Waals surface area contributed by atoms with Crippen molar-refractivity contribution in [3.63, 3.8) is 0 Å². The molecule has 3 N–H and O–H groups in total. The van der Waals surface area contributed by atoms with Crippen molar-refractivity contribution >= 4 is 12.2 Å². The summed E-state index contributed by atoms with van der Waals surface area (Å²) >= 11 is 0. The Bertz CT molecular complexity index is 826. The summed E-state index contributed by atoms with van der Waals surface area (Å²) in [5.74, 6) is 0. The van der Waals surface area contributed by atoms with Crippen LogP contribution in [0.5, 0.6) is 0 Å². The first kappa shape index (κ1) is 17.1. The van der Waals surface area contributed by atoms with Crippen LogP contribution in [-0.2, 0) is 6.18 Å². The van der Waals surface area contributed by atoms with E-state index in [2.05, 4.69) is 27.4 Å². The predicted molar refractivity (Wildman–Crippen MR) is 86.2 cm³/mol. The highest BCUT2D eigenvalue weighted by atomic mass is 19.4. The quantitative estimate of drug-likeness (QED) is 0.798. The minimum atomic E-state index is -4.40. The lowest BCUT2D eigenvalue weighted by Gasteiger charge is -2.12. The maximum Gasteiger partial charge on any atom is 0.416 e. The summed E-state index contributed by atoms with van der Waals surface area (Å²) < 4.78 is 38.2. The normalized spacial score (nSPS) is 20.7. The molecule has 2 heterocycles. The Morgan fingerprint density at radius 2 is 1.96 bits per heavy atom. The van der Waals surface area contributed by atoms with Crippen LogP contribution in [0.2, 0.25) is 0 Å². The smallest absolute Gasteiger partial charge is 0.257 e. The standard InChI is InChI=1S/C17H14F3N5/c18-17(19,20)13-6-7-22-14(9-13)5-4-11-2-1-3-12(8-11)16-15(10-21)23-25-24-16/h1-9,15-16,23-25H/b5-4+.